The molecule has 114 valence electrons. The molecule has 2 aliphatic heterocycles. The molecule has 2 atom stereocenters. The standard InChI is InChI=1S/C14H24N2O4/c1-14(2,3)20-13(19)16-8-10(12(17)18)7-11(9-16)15-5-4-6-15/h10-11H,4-9H2,1-3H3,(H,17,18). The normalized spacial score (nSPS) is 27.9. The Kier molecular flexibility index (Phi) is 4.22. The number of carboxylic acids is 1. The highest BCUT2D eigenvalue weighted by Crippen LogP contribution is 2.26. The smallest absolute Gasteiger partial charge is 0.410 e. The largest absolute Gasteiger partial charge is 0.481 e. The first-order chi connectivity index (χ1) is 9.26. The van der Waals surface area contributed by atoms with Crippen LogP contribution in [0.3, 0.4) is 0 Å². The van der Waals surface area contributed by atoms with Crippen LogP contribution >= 0.6 is 0 Å². The van der Waals surface area contributed by atoms with Crippen molar-refractivity contribution in [1.82, 2.24) is 9.80 Å². The Morgan fingerprint density at radius 3 is 2.30 bits per heavy atom. The Morgan fingerprint density at radius 2 is 1.85 bits per heavy atom. The average Bonchev–Trinajstić information content (AvgIpc) is 2.23. The Hall–Kier alpha value is -1.30. The zero-order valence-electron chi connectivity index (χ0n) is 12.5. The molecule has 2 unspecified atom stereocenters. The van der Waals surface area contributed by atoms with Gasteiger partial charge in [0.15, 0.2) is 0 Å². The summed E-state index contributed by atoms with van der Waals surface area (Å²) in [4.78, 5) is 27.2. The van der Waals surface area contributed by atoms with Crippen molar-refractivity contribution in [3.05, 3.63) is 0 Å². The van der Waals surface area contributed by atoms with Crippen LogP contribution in [0.5, 0.6) is 0 Å². The minimum absolute atomic E-state index is 0.145. The van der Waals surface area contributed by atoms with Gasteiger partial charge < -0.3 is 14.7 Å². The number of carbonyl (C=O) groups excluding carboxylic acids is 1. The summed E-state index contributed by atoms with van der Waals surface area (Å²) in [5.74, 6) is -1.33. The summed E-state index contributed by atoms with van der Waals surface area (Å²) < 4.78 is 5.36. The molecule has 6 nitrogen and oxygen atoms in total. The summed E-state index contributed by atoms with van der Waals surface area (Å²) in [6.45, 7) is 8.26. The first kappa shape index (κ1) is 15.1. The van der Waals surface area contributed by atoms with Crippen molar-refractivity contribution in [1.29, 1.82) is 0 Å². The quantitative estimate of drug-likeness (QED) is 0.830. The number of likely N-dealkylation sites (tertiary alicyclic amines) is 2. The third-order valence-electron chi connectivity index (χ3n) is 3.84. The third kappa shape index (κ3) is 3.62. The van der Waals surface area contributed by atoms with Gasteiger partial charge in [-0.25, -0.2) is 4.79 Å². The molecule has 20 heavy (non-hydrogen) atoms. The first-order valence-corrected chi connectivity index (χ1v) is 7.21. The summed E-state index contributed by atoms with van der Waals surface area (Å²) in [6.07, 6.45) is 1.36. The van der Waals surface area contributed by atoms with Gasteiger partial charge in [-0.15, -0.1) is 0 Å². The van der Waals surface area contributed by atoms with Crippen LogP contribution in [-0.2, 0) is 9.53 Å². The van der Waals surface area contributed by atoms with Crippen molar-refractivity contribution in [3.8, 4) is 0 Å². The highest BCUT2D eigenvalue weighted by molar-refractivity contribution is 5.73. The maximum absolute atomic E-state index is 12.1. The lowest BCUT2D eigenvalue weighted by Gasteiger charge is -2.45. The number of carboxylic acid groups (broad SMARTS) is 1. The van der Waals surface area contributed by atoms with Crippen LogP contribution in [0.2, 0.25) is 0 Å². The number of hydrogen-bond acceptors (Lipinski definition) is 4. The Morgan fingerprint density at radius 1 is 1.20 bits per heavy atom. The minimum Gasteiger partial charge on any atom is -0.481 e. The molecule has 0 spiro atoms. The maximum Gasteiger partial charge on any atom is 0.410 e. The molecular weight excluding hydrogens is 260 g/mol. The van der Waals surface area contributed by atoms with Crippen LogP contribution in [-0.4, -0.2) is 64.8 Å². The van der Waals surface area contributed by atoms with E-state index in [0.717, 1.165) is 19.5 Å². The lowest BCUT2D eigenvalue weighted by Crippen LogP contribution is -2.57. The molecule has 0 aromatic heterocycles. The van der Waals surface area contributed by atoms with Gasteiger partial charge in [0.1, 0.15) is 5.60 Å². The van der Waals surface area contributed by atoms with Crippen molar-refractivity contribution < 1.29 is 19.4 Å². The lowest BCUT2D eigenvalue weighted by atomic mass is 9.92. The molecule has 1 N–H and O–H groups in total. The van der Waals surface area contributed by atoms with Gasteiger partial charge in [-0.3, -0.25) is 9.69 Å². The predicted octanol–water partition coefficient (Wildman–Crippen LogP) is 1.40. The fraction of sp³-hybridized carbons (Fsp3) is 0.857. The second-order valence-corrected chi connectivity index (χ2v) is 6.70. The van der Waals surface area contributed by atoms with Gasteiger partial charge in [0.05, 0.1) is 5.92 Å². The molecule has 0 saturated carbocycles. The van der Waals surface area contributed by atoms with E-state index in [2.05, 4.69) is 4.90 Å². The van der Waals surface area contributed by atoms with Crippen LogP contribution < -0.4 is 0 Å². The molecule has 2 fully saturated rings. The van der Waals surface area contributed by atoms with Crippen molar-refractivity contribution >= 4 is 12.1 Å². The number of rotatable bonds is 2. The number of aliphatic carboxylic acids is 1. The fourth-order valence-electron chi connectivity index (χ4n) is 2.70. The SMILES string of the molecule is CC(C)(C)OC(=O)N1CC(C(=O)O)CC(N2CCC2)C1. The lowest BCUT2D eigenvalue weighted by molar-refractivity contribution is -0.144. The van der Waals surface area contributed by atoms with E-state index >= 15 is 0 Å². The van der Waals surface area contributed by atoms with Gasteiger partial charge >= 0.3 is 12.1 Å². The molecule has 2 heterocycles. The van der Waals surface area contributed by atoms with Crippen LogP contribution in [0.15, 0.2) is 0 Å². The second-order valence-electron chi connectivity index (χ2n) is 6.70. The second kappa shape index (κ2) is 5.60. The topological polar surface area (TPSA) is 70.1 Å². The predicted molar refractivity (Wildman–Crippen MR) is 73.5 cm³/mol. The highest BCUT2D eigenvalue weighted by atomic mass is 16.6. The van der Waals surface area contributed by atoms with Gasteiger partial charge in [-0.1, -0.05) is 0 Å². The minimum atomic E-state index is -0.830. The van der Waals surface area contributed by atoms with Gasteiger partial charge in [-0.2, -0.15) is 0 Å². The van der Waals surface area contributed by atoms with Crippen molar-refractivity contribution in [2.24, 2.45) is 5.92 Å². The van der Waals surface area contributed by atoms with E-state index in [4.69, 9.17) is 4.74 Å². The molecular formula is C14H24N2O4. The van der Waals surface area contributed by atoms with E-state index in [1.807, 2.05) is 20.8 Å². The van der Waals surface area contributed by atoms with Gasteiger partial charge in [0.25, 0.3) is 0 Å². The number of hydrogen-bond donors (Lipinski definition) is 1. The summed E-state index contributed by atoms with van der Waals surface area (Å²) in [5, 5.41) is 9.26. The fourth-order valence-corrected chi connectivity index (χ4v) is 2.70. The Balaban J connectivity index is 2.03. The molecule has 0 bridgehead atoms. The number of piperidine rings is 1. The Bertz CT molecular complexity index is 387. The number of carbonyl (C=O) groups is 2. The van der Waals surface area contributed by atoms with Crippen LogP contribution in [0, 0.1) is 5.92 Å². The van der Waals surface area contributed by atoms with E-state index < -0.39 is 23.6 Å². The van der Waals surface area contributed by atoms with E-state index in [1.54, 1.807) is 4.90 Å². The van der Waals surface area contributed by atoms with Gasteiger partial charge in [-0.05, 0) is 46.7 Å². The zero-order chi connectivity index (χ0) is 14.9. The van der Waals surface area contributed by atoms with Crippen LogP contribution in [0.25, 0.3) is 0 Å². The zero-order valence-corrected chi connectivity index (χ0v) is 12.5. The monoisotopic (exact) mass is 284 g/mol. The summed E-state index contributed by atoms with van der Waals surface area (Å²) in [7, 11) is 0. The van der Waals surface area contributed by atoms with Crippen molar-refractivity contribution in [3.63, 3.8) is 0 Å². The molecule has 0 radical (unpaired) electrons. The molecule has 0 aromatic carbocycles. The number of ether oxygens (including phenoxy) is 1. The van der Waals surface area contributed by atoms with Crippen molar-refractivity contribution in [2.45, 2.75) is 45.3 Å². The highest BCUT2D eigenvalue weighted by Gasteiger charge is 2.39. The summed E-state index contributed by atoms with van der Waals surface area (Å²) in [6, 6.07) is 0.145. The molecule has 0 aliphatic carbocycles. The molecule has 6 heteroatoms. The van der Waals surface area contributed by atoms with Crippen molar-refractivity contribution in [2.75, 3.05) is 26.2 Å². The number of amides is 1. The number of nitrogens with zero attached hydrogens (tertiary/aromatic N) is 2. The van der Waals surface area contributed by atoms with Gasteiger partial charge in [0.2, 0.25) is 0 Å². The third-order valence-corrected chi connectivity index (χ3v) is 3.84. The van der Waals surface area contributed by atoms with Crippen LogP contribution in [0.4, 0.5) is 4.79 Å². The molecule has 2 aliphatic rings. The summed E-state index contributed by atoms with van der Waals surface area (Å²) in [5.41, 5.74) is -0.556. The summed E-state index contributed by atoms with van der Waals surface area (Å²) >= 11 is 0. The van der Waals surface area contributed by atoms with Crippen LogP contribution in [0.1, 0.15) is 33.6 Å². The molecule has 2 saturated heterocycles. The Labute approximate surface area is 119 Å². The van der Waals surface area contributed by atoms with E-state index in [1.165, 1.54) is 0 Å². The van der Waals surface area contributed by atoms with Gasteiger partial charge in [0, 0.05) is 19.1 Å². The molecule has 0 aromatic rings. The molecule has 1 amide bonds. The van der Waals surface area contributed by atoms with E-state index in [9.17, 15) is 14.7 Å². The van der Waals surface area contributed by atoms with E-state index in [-0.39, 0.29) is 12.6 Å². The maximum atomic E-state index is 12.1. The first-order valence-electron chi connectivity index (χ1n) is 7.21. The van der Waals surface area contributed by atoms with E-state index in [0.29, 0.717) is 13.0 Å². The average molecular weight is 284 g/mol. The molecule has 2 rings (SSSR count).